The van der Waals surface area contributed by atoms with Crippen molar-refractivity contribution in [3.63, 3.8) is 0 Å². The number of carbonyl (C=O) groups is 1. The van der Waals surface area contributed by atoms with Crippen molar-refractivity contribution in [1.82, 2.24) is 9.88 Å². The van der Waals surface area contributed by atoms with Crippen LogP contribution in [-0.2, 0) is 0 Å². The van der Waals surface area contributed by atoms with Crippen LogP contribution in [0.15, 0.2) is 18.2 Å². The summed E-state index contributed by atoms with van der Waals surface area (Å²) < 4.78 is 0.975. The molecule has 21 heavy (non-hydrogen) atoms. The first-order valence-corrected chi connectivity index (χ1v) is 8.31. The lowest BCUT2D eigenvalue weighted by Gasteiger charge is -2.36. The molecule has 1 amide bonds. The van der Waals surface area contributed by atoms with Gasteiger partial charge in [0.05, 0.1) is 10.2 Å². The van der Waals surface area contributed by atoms with Gasteiger partial charge in [-0.05, 0) is 37.0 Å². The molecule has 112 valence electrons. The standard InChI is InChI=1S/C16H21N3OS/c1-10-5-3-4-6-13(10)19(2)15(20)11-7-8-12-14(9-11)21-16(17)18-12/h7-10,13H,3-6H2,1-2H3,(H2,17,18). The van der Waals surface area contributed by atoms with Crippen molar-refractivity contribution in [3.8, 4) is 0 Å². The molecule has 0 bridgehead atoms. The fraction of sp³-hybridized carbons (Fsp3) is 0.500. The molecule has 5 heteroatoms. The predicted octanol–water partition coefficient (Wildman–Crippen LogP) is 3.53. The number of aromatic nitrogens is 1. The number of anilines is 1. The second-order valence-electron chi connectivity index (χ2n) is 5.98. The minimum absolute atomic E-state index is 0.0996. The summed E-state index contributed by atoms with van der Waals surface area (Å²) in [4.78, 5) is 18.9. The molecule has 1 heterocycles. The number of nitrogen functional groups attached to an aromatic ring is 1. The van der Waals surface area contributed by atoms with Crippen molar-refractivity contribution in [2.75, 3.05) is 12.8 Å². The van der Waals surface area contributed by atoms with Gasteiger partial charge in [0.15, 0.2) is 5.13 Å². The van der Waals surface area contributed by atoms with Gasteiger partial charge in [0.1, 0.15) is 0 Å². The molecule has 2 unspecified atom stereocenters. The Labute approximate surface area is 129 Å². The van der Waals surface area contributed by atoms with Crippen LogP contribution < -0.4 is 5.73 Å². The van der Waals surface area contributed by atoms with Crippen molar-refractivity contribution in [2.45, 2.75) is 38.6 Å². The molecule has 4 nitrogen and oxygen atoms in total. The highest BCUT2D eigenvalue weighted by atomic mass is 32.1. The maximum atomic E-state index is 12.7. The quantitative estimate of drug-likeness (QED) is 0.923. The molecule has 2 aromatic rings. The lowest BCUT2D eigenvalue weighted by molar-refractivity contribution is 0.0629. The van der Waals surface area contributed by atoms with Gasteiger partial charge in [-0.1, -0.05) is 31.1 Å². The van der Waals surface area contributed by atoms with Gasteiger partial charge >= 0.3 is 0 Å². The van der Waals surface area contributed by atoms with E-state index in [0.29, 0.717) is 17.1 Å². The molecule has 0 radical (unpaired) electrons. The van der Waals surface area contributed by atoms with Crippen molar-refractivity contribution in [2.24, 2.45) is 5.92 Å². The number of rotatable bonds is 2. The summed E-state index contributed by atoms with van der Waals surface area (Å²) in [7, 11) is 1.93. The van der Waals surface area contributed by atoms with Crippen LogP contribution in [0.25, 0.3) is 10.2 Å². The van der Waals surface area contributed by atoms with Gasteiger partial charge in [-0.25, -0.2) is 4.98 Å². The third-order valence-electron chi connectivity index (χ3n) is 4.54. The fourth-order valence-electron chi connectivity index (χ4n) is 3.30. The zero-order valence-electron chi connectivity index (χ0n) is 12.5. The number of amides is 1. The Bertz CT molecular complexity index is 667. The van der Waals surface area contributed by atoms with Gasteiger partial charge in [-0.15, -0.1) is 0 Å². The first-order valence-electron chi connectivity index (χ1n) is 7.49. The molecule has 1 aliphatic carbocycles. The van der Waals surface area contributed by atoms with E-state index < -0.39 is 0 Å². The summed E-state index contributed by atoms with van der Waals surface area (Å²) in [6.45, 7) is 2.25. The average Bonchev–Trinajstić information content (AvgIpc) is 2.85. The molecule has 2 N–H and O–H groups in total. The molecule has 0 aliphatic heterocycles. The van der Waals surface area contributed by atoms with E-state index in [4.69, 9.17) is 5.73 Å². The van der Waals surface area contributed by atoms with E-state index in [2.05, 4.69) is 11.9 Å². The number of fused-ring (bicyclic) bond motifs is 1. The van der Waals surface area contributed by atoms with E-state index >= 15 is 0 Å². The highest BCUT2D eigenvalue weighted by Crippen LogP contribution is 2.29. The number of thiazole rings is 1. The Morgan fingerprint density at radius 1 is 1.38 bits per heavy atom. The van der Waals surface area contributed by atoms with Crippen LogP contribution in [0.2, 0.25) is 0 Å². The number of hydrogen-bond donors (Lipinski definition) is 1. The van der Waals surface area contributed by atoms with Crippen LogP contribution in [0.5, 0.6) is 0 Å². The van der Waals surface area contributed by atoms with Gasteiger partial charge in [0.2, 0.25) is 0 Å². The van der Waals surface area contributed by atoms with Crippen LogP contribution in [0, 0.1) is 5.92 Å². The predicted molar refractivity (Wildman–Crippen MR) is 87.5 cm³/mol. The summed E-state index contributed by atoms with van der Waals surface area (Å²) in [5.41, 5.74) is 7.32. The van der Waals surface area contributed by atoms with E-state index in [-0.39, 0.29) is 5.91 Å². The molecule has 1 aromatic heterocycles. The molecule has 0 spiro atoms. The Hall–Kier alpha value is -1.62. The zero-order valence-corrected chi connectivity index (χ0v) is 13.3. The molecule has 1 aliphatic rings. The normalized spacial score (nSPS) is 22.4. The van der Waals surface area contributed by atoms with Gasteiger partial charge in [-0.2, -0.15) is 0 Å². The monoisotopic (exact) mass is 303 g/mol. The van der Waals surface area contributed by atoms with Crippen LogP contribution in [-0.4, -0.2) is 28.9 Å². The first-order chi connectivity index (χ1) is 10.1. The maximum Gasteiger partial charge on any atom is 0.253 e. The van der Waals surface area contributed by atoms with Crippen molar-refractivity contribution < 1.29 is 4.79 Å². The minimum atomic E-state index is 0.0996. The van der Waals surface area contributed by atoms with E-state index in [1.165, 1.54) is 30.6 Å². The molecule has 3 rings (SSSR count). The Morgan fingerprint density at radius 3 is 2.90 bits per heavy atom. The van der Waals surface area contributed by atoms with Gasteiger partial charge < -0.3 is 10.6 Å². The van der Waals surface area contributed by atoms with Gasteiger partial charge in [0.25, 0.3) is 5.91 Å². The second kappa shape index (κ2) is 5.64. The molecule has 2 atom stereocenters. The number of nitrogens with zero attached hydrogens (tertiary/aromatic N) is 2. The van der Waals surface area contributed by atoms with Gasteiger partial charge in [-0.3, -0.25) is 4.79 Å². The lowest BCUT2D eigenvalue weighted by atomic mass is 9.85. The number of carbonyl (C=O) groups excluding carboxylic acids is 1. The van der Waals surface area contributed by atoms with Crippen LogP contribution >= 0.6 is 11.3 Å². The fourth-order valence-corrected chi connectivity index (χ4v) is 4.08. The van der Waals surface area contributed by atoms with E-state index in [1.807, 2.05) is 30.1 Å². The van der Waals surface area contributed by atoms with Gasteiger partial charge in [0, 0.05) is 18.7 Å². The summed E-state index contributed by atoms with van der Waals surface area (Å²) in [5.74, 6) is 0.679. The second-order valence-corrected chi connectivity index (χ2v) is 7.04. The summed E-state index contributed by atoms with van der Waals surface area (Å²) in [6, 6.07) is 6.00. The molecular weight excluding hydrogens is 282 g/mol. The molecular formula is C16H21N3OS. The molecule has 1 saturated carbocycles. The maximum absolute atomic E-state index is 12.7. The minimum Gasteiger partial charge on any atom is -0.375 e. The molecule has 0 saturated heterocycles. The highest BCUT2D eigenvalue weighted by Gasteiger charge is 2.28. The SMILES string of the molecule is CC1CCCCC1N(C)C(=O)c1ccc2nc(N)sc2c1. The molecule has 1 fully saturated rings. The smallest absolute Gasteiger partial charge is 0.253 e. The van der Waals surface area contributed by atoms with Crippen molar-refractivity contribution >= 4 is 32.6 Å². The Morgan fingerprint density at radius 2 is 2.14 bits per heavy atom. The van der Waals surface area contributed by atoms with Crippen molar-refractivity contribution in [1.29, 1.82) is 0 Å². The van der Waals surface area contributed by atoms with Crippen LogP contribution in [0.1, 0.15) is 43.0 Å². The Balaban J connectivity index is 1.84. The lowest BCUT2D eigenvalue weighted by Crippen LogP contribution is -2.42. The van der Waals surface area contributed by atoms with E-state index in [9.17, 15) is 4.79 Å². The summed E-state index contributed by atoms with van der Waals surface area (Å²) in [5, 5.41) is 0.545. The number of hydrogen-bond acceptors (Lipinski definition) is 4. The van der Waals surface area contributed by atoms with E-state index in [0.717, 1.165) is 22.2 Å². The summed E-state index contributed by atoms with van der Waals surface area (Å²) >= 11 is 1.43. The first kappa shape index (κ1) is 14.3. The third kappa shape index (κ3) is 2.75. The van der Waals surface area contributed by atoms with E-state index in [1.54, 1.807) is 0 Å². The highest BCUT2D eigenvalue weighted by molar-refractivity contribution is 7.22. The zero-order chi connectivity index (χ0) is 15.0. The van der Waals surface area contributed by atoms with Crippen LogP contribution in [0.3, 0.4) is 0 Å². The Kier molecular flexibility index (Phi) is 3.85. The largest absolute Gasteiger partial charge is 0.375 e. The van der Waals surface area contributed by atoms with Crippen LogP contribution in [0.4, 0.5) is 5.13 Å². The number of nitrogens with two attached hydrogens (primary N) is 1. The topological polar surface area (TPSA) is 59.2 Å². The third-order valence-corrected chi connectivity index (χ3v) is 5.38. The molecule has 1 aromatic carbocycles. The van der Waals surface area contributed by atoms with Crippen molar-refractivity contribution in [3.05, 3.63) is 23.8 Å². The summed E-state index contributed by atoms with van der Waals surface area (Å²) in [6.07, 6.45) is 4.83. The average molecular weight is 303 g/mol. The number of benzene rings is 1.